The fourth-order valence-corrected chi connectivity index (χ4v) is 2.40. The highest BCUT2D eigenvalue weighted by atomic mass is 32.1. The molecule has 0 nitrogen and oxygen atoms in total. The second-order valence-corrected chi connectivity index (χ2v) is 5.51. The van der Waals surface area contributed by atoms with Crippen LogP contribution in [0.1, 0.15) is 90.4 Å². The smallest absolute Gasteiger partial charge is 0.00666 e. The topological polar surface area (TPSA) is 0 Å². The van der Waals surface area contributed by atoms with E-state index in [9.17, 15) is 0 Å². The van der Waals surface area contributed by atoms with Crippen molar-refractivity contribution in [3.05, 3.63) is 6.42 Å². The van der Waals surface area contributed by atoms with Gasteiger partial charge in [0.25, 0.3) is 0 Å². The van der Waals surface area contributed by atoms with Crippen LogP contribution in [-0.2, 0) is 0 Å². The molecular weight excluding hydrogens is 224 g/mol. The van der Waals surface area contributed by atoms with Crippen LogP contribution in [0, 0.1) is 6.42 Å². The summed E-state index contributed by atoms with van der Waals surface area (Å²) in [6.45, 7) is 2.29. The molecule has 103 valence electrons. The van der Waals surface area contributed by atoms with Crippen molar-refractivity contribution in [3.8, 4) is 0 Å². The lowest BCUT2D eigenvalue weighted by molar-refractivity contribution is 0.543. The molecule has 0 aliphatic rings. The minimum absolute atomic E-state index is 0.942. The third kappa shape index (κ3) is 16.4. The summed E-state index contributed by atoms with van der Waals surface area (Å²) in [5.74, 6) is 0.942. The summed E-state index contributed by atoms with van der Waals surface area (Å²) in [5, 5.41) is 0. The Morgan fingerprint density at radius 1 is 0.647 bits per heavy atom. The summed E-state index contributed by atoms with van der Waals surface area (Å²) in [6.07, 6.45) is 20.8. The first kappa shape index (κ1) is 17.4. The molecule has 1 heteroatoms. The van der Waals surface area contributed by atoms with E-state index < -0.39 is 0 Å². The van der Waals surface area contributed by atoms with Gasteiger partial charge in [0.2, 0.25) is 0 Å². The molecule has 0 fully saturated rings. The third-order valence-electron chi connectivity index (χ3n) is 3.39. The summed E-state index contributed by atoms with van der Waals surface area (Å²) < 4.78 is 0. The molecule has 0 aromatic rings. The summed E-state index contributed by atoms with van der Waals surface area (Å²) in [7, 11) is 0. The maximum atomic E-state index is 4.18. The Morgan fingerprint density at radius 3 is 1.47 bits per heavy atom. The normalized spacial score (nSPS) is 10.9. The Hall–Kier alpha value is 0.350. The first-order chi connectivity index (χ1) is 8.41. The Morgan fingerprint density at radius 2 is 1.06 bits per heavy atom. The van der Waals surface area contributed by atoms with Crippen LogP contribution in [0.15, 0.2) is 0 Å². The van der Waals surface area contributed by atoms with Gasteiger partial charge in [-0.3, -0.25) is 0 Å². The minimum Gasteiger partial charge on any atom is -0.179 e. The van der Waals surface area contributed by atoms with Crippen molar-refractivity contribution in [3.63, 3.8) is 0 Å². The van der Waals surface area contributed by atoms with Gasteiger partial charge in [0.15, 0.2) is 0 Å². The van der Waals surface area contributed by atoms with Gasteiger partial charge in [0.1, 0.15) is 0 Å². The summed E-state index contributed by atoms with van der Waals surface area (Å²) in [5.41, 5.74) is 0. The van der Waals surface area contributed by atoms with E-state index in [0.29, 0.717) is 0 Å². The maximum absolute atomic E-state index is 4.18. The lowest BCUT2D eigenvalue weighted by Crippen LogP contribution is -1.83. The van der Waals surface area contributed by atoms with Crippen molar-refractivity contribution in [2.45, 2.75) is 90.4 Å². The van der Waals surface area contributed by atoms with E-state index >= 15 is 0 Å². The maximum Gasteiger partial charge on any atom is -0.00666 e. The van der Waals surface area contributed by atoms with Crippen LogP contribution in [0.25, 0.3) is 0 Å². The molecule has 0 saturated carbocycles. The van der Waals surface area contributed by atoms with Crippen LogP contribution in [0.5, 0.6) is 0 Å². The molecule has 0 bridgehead atoms. The van der Waals surface area contributed by atoms with Crippen molar-refractivity contribution in [1.82, 2.24) is 0 Å². The predicted octanol–water partition coefficient (Wildman–Crippen LogP) is 6.21. The Balaban J connectivity index is 2.85. The molecule has 0 aromatic heterocycles. The fourth-order valence-electron chi connectivity index (χ4n) is 2.22. The predicted molar refractivity (Wildman–Crippen MR) is 83.8 cm³/mol. The quantitative estimate of drug-likeness (QED) is 0.277. The number of hydrogen-bond donors (Lipinski definition) is 1. The van der Waals surface area contributed by atoms with Gasteiger partial charge in [-0.05, 0) is 18.6 Å². The van der Waals surface area contributed by atoms with Gasteiger partial charge in [-0.15, -0.1) is 0 Å². The average Bonchev–Trinajstić information content (AvgIpc) is 2.35. The van der Waals surface area contributed by atoms with E-state index in [2.05, 4.69) is 26.0 Å². The molecule has 0 aliphatic carbocycles. The van der Waals surface area contributed by atoms with Crippen LogP contribution in [-0.4, -0.2) is 5.75 Å². The molecule has 0 rings (SSSR count). The van der Waals surface area contributed by atoms with Gasteiger partial charge in [0, 0.05) is 0 Å². The van der Waals surface area contributed by atoms with Crippen molar-refractivity contribution < 1.29 is 0 Å². The Kier molecular flexibility index (Phi) is 16.7. The third-order valence-corrected chi connectivity index (χ3v) is 3.65. The van der Waals surface area contributed by atoms with E-state index in [1.165, 1.54) is 83.5 Å². The second-order valence-electron chi connectivity index (χ2n) is 5.15. The van der Waals surface area contributed by atoms with Crippen molar-refractivity contribution in [2.75, 3.05) is 5.75 Å². The standard InChI is InChI=1S/C16H33S/c1-2-3-4-5-6-7-8-9-10-11-12-13-14-15-16-17/h15,17H,2-14,16H2,1H3. The molecule has 0 atom stereocenters. The molecule has 0 amide bonds. The average molecular weight is 258 g/mol. The van der Waals surface area contributed by atoms with Crippen LogP contribution in [0.3, 0.4) is 0 Å². The molecule has 0 spiro atoms. The summed E-state index contributed by atoms with van der Waals surface area (Å²) in [6, 6.07) is 0. The van der Waals surface area contributed by atoms with Gasteiger partial charge < -0.3 is 0 Å². The van der Waals surface area contributed by atoms with Crippen molar-refractivity contribution in [2.24, 2.45) is 0 Å². The highest BCUT2D eigenvalue weighted by molar-refractivity contribution is 7.80. The van der Waals surface area contributed by atoms with Crippen LogP contribution < -0.4 is 0 Å². The fraction of sp³-hybridized carbons (Fsp3) is 0.938. The number of rotatable bonds is 14. The van der Waals surface area contributed by atoms with Crippen LogP contribution in [0.4, 0.5) is 0 Å². The van der Waals surface area contributed by atoms with Crippen LogP contribution >= 0.6 is 12.6 Å². The monoisotopic (exact) mass is 257 g/mol. The van der Waals surface area contributed by atoms with Gasteiger partial charge in [-0.25, -0.2) is 0 Å². The molecule has 1 radical (unpaired) electrons. The molecular formula is C16H33S. The largest absolute Gasteiger partial charge is 0.179 e. The van der Waals surface area contributed by atoms with E-state index in [0.717, 1.165) is 5.75 Å². The molecule has 17 heavy (non-hydrogen) atoms. The molecule has 0 saturated heterocycles. The zero-order valence-corrected chi connectivity index (χ0v) is 12.8. The molecule has 0 N–H and O–H groups in total. The van der Waals surface area contributed by atoms with E-state index in [-0.39, 0.29) is 0 Å². The minimum atomic E-state index is 0.942. The highest BCUT2D eigenvalue weighted by Gasteiger charge is 1.93. The summed E-state index contributed by atoms with van der Waals surface area (Å²) in [4.78, 5) is 0. The molecule has 0 aromatic carbocycles. The van der Waals surface area contributed by atoms with Gasteiger partial charge in [0.05, 0.1) is 0 Å². The zero-order valence-electron chi connectivity index (χ0n) is 11.9. The zero-order chi connectivity index (χ0) is 12.6. The number of hydrogen-bond acceptors (Lipinski definition) is 1. The van der Waals surface area contributed by atoms with E-state index in [4.69, 9.17) is 0 Å². The van der Waals surface area contributed by atoms with E-state index in [1.807, 2.05) is 0 Å². The molecule has 0 heterocycles. The van der Waals surface area contributed by atoms with E-state index in [1.54, 1.807) is 0 Å². The second kappa shape index (κ2) is 16.4. The van der Waals surface area contributed by atoms with Gasteiger partial charge in [-0.1, -0.05) is 84.0 Å². The Labute approximate surface area is 115 Å². The van der Waals surface area contributed by atoms with Gasteiger partial charge in [-0.2, -0.15) is 12.6 Å². The lowest BCUT2D eigenvalue weighted by Gasteiger charge is -2.02. The van der Waals surface area contributed by atoms with Crippen LogP contribution in [0.2, 0.25) is 0 Å². The SMILES string of the molecule is CCCCCCCCCCCCCC[CH]CS. The number of thiol groups is 1. The highest BCUT2D eigenvalue weighted by Crippen LogP contribution is 2.12. The van der Waals surface area contributed by atoms with Crippen molar-refractivity contribution >= 4 is 12.6 Å². The first-order valence-corrected chi connectivity index (χ1v) is 8.47. The van der Waals surface area contributed by atoms with Crippen molar-refractivity contribution in [1.29, 1.82) is 0 Å². The lowest BCUT2D eigenvalue weighted by atomic mass is 10.0. The summed E-state index contributed by atoms with van der Waals surface area (Å²) >= 11 is 4.18. The molecule has 0 unspecified atom stereocenters. The Bertz CT molecular complexity index is 109. The first-order valence-electron chi connectivity index (χ1n) is 7.84. The van der Waals surface area contributed by atoms with Gasteiger partial charge >= 0.3 is 0 Å². The number of unbranched alkanes of at least 4 members (excludes halogenated alkanes) is 13. The molecule has 0 aliphatic heterocycles.